The Hall–Kier alpha value is -2.17. The Morgan fingerprint density at radius 1 is 1.21 bits per heavy atom. The number of hydrogen-bond donors (Lipinski definition) is 1. The molecule has 0 fully saturated rings. The van der Waals surface area contributed by atoms with Crippen LogP contribution in [0.3, 0.4) is 0 Å². The first-order valence-electron chi connectivity index (χ1n) is 8.23. The Morgan fingerprint density at radius 3 is 2.71 bits per heavy atom. The van der Waals surface area contributed by atoms with Crippen LogP contribution in [-0.2, 0) is 4.74 Å². The third kappa shape index (κ3) is 3.35. The second kappa shape index (κ2) is 6.75. The lowest BCUT2D eigenvalue weighted by Gasteiger charge is -2.23. The molecule has 1 unspecified atom stereocenters. The number of fused-ring (bicyclic) bond motifs is 1. The van der Waals surface area contributed by atoms with Crippen LogP contribution >= 0.6 is 0 Å². The summed E-state index contributed by atoms with van der Waals surface area (Å²) in [4.78, 5) is 0. The minimum absolute atomic E-state index is 0.0807. The van der Waals surface area contributed by atoms with Gasteiger partial charge in [0.05, 0.1) is 18.6 Å². The predicted molar refractivity (Wildman–Crippen MR) is 96.8 cm³/mol. The van der Waals surface area contributed by atoms with E-state index in [1.807, 2.05) is 44.2 Å². The lowest BCUT2D eigenvalue weighted by molar-refractivity contribution is -0.564. The van der Waals surface area contributed by atoms with Gasteiger partial charge in [-0.05, 0) is 28.5 Å². The fourth-order valence-electron chi connectivity index (χ4n) is 3.19. The summed E-state index contributed by atoms with van der Waals surface area (Å²) >= 11 is 0. The number of hydroxylamine groups is 1. The van der Waals surface area contributed by atoms with E-state index in [1.165, 1.54) is 10.8 Å². The third-order valence-corrected chi connectivity index (χ3v) is 4.41. The number of benzene rings is 2. The molecule has 3 rings (SSSR count). The van der Waals surface area contributed by atoms with E-state index in [1.54, 1.807) is 0 Å². The summed E-state index contributed by atoms with van der Waals surface area (Å²) in [5, 5.41) is 23.8. The highest BCUT2D eigenvalue weighted by atomic mass is 16.6. The minimum Gasteiger partial charge on any atom is -0.622 e. The van der Waals surface area contributed by atoms with Gasteiger partial charge in [-0.25, -0.2) is 0 Å². The molecule has 0 radical (unpaired) electrons. The topological polar surface area (TPSA) is 55.5 Å². The van der Waals surface area contributed by atoms with Crippen LogP contribution < -0.4 is 0 Å². The second-order valence-electron chi connectivity index (χ2n) is 6.87. The molecule has 1 aliphatic heterocycles. The monoisotopic (exact) mass is 325 g/mol. The molecule has 1 aliphatic rings. The van der Waals surface area contributed by atoms with Gasteiger partial charge in [0, 0.05) is 12.5 Å². The Labute approximate surface area is 142 Å². The maximum Gasteiger partial charge on any atom is 0.273 e. The summed E-state index contributed by atoms with van der Waals surface area (Å²) in [7, 11) is 0. The molecule has 0 amide bonds. The quantitative estimate of drug-likeness (QED) is 0.675. The number of hydrogen-bond acceptors (Lipinski definition) is 3. The maximum atomic E-state index is 12.5. The number of rotatable bonds is 5. The van der Waals surface area contributed by atoms with E-state index < -0.39 is 6.23 Å². The summed E-state index contributed by atoms with van der Waals surface area (Å²) in [5.74, 6) is 0. The standard InChI is InChI=1S/C20H23NO3/c1-20(2)14-18(21(23)19(20)24-12-11-22)10-8-15-7-9-16-5-3-4-6-17(16)13-15/h3-10,13,19,22H,11-12,14H2,1-2H3/b10-8+. The predicted octanol–water partition coefficient (Wildman–Crippen LogP) is 3.57. The van der Waals surface area contributed by atoms with Gasteiger partial charge in [0.1, 0.15) is 0 Å². The number of nitrogens with zero attached hydrogens (tertiary/aromatic N) is 1. The molecule has 2 aromatic rings. The van der Waals surface area contributed by atoms with Crippen LogP contribution in [-0.4, -0.2) is 35.0 Å². The molecule has 0 saturated heterocycles. The molecular weight excluding hydrogens is 302 g/mol. The molecular formula is C20H23NO3. The van der Waals surface area contributed by atoms with Crippen molar-refractivity contribution in [1.29, 1.82) is 0 Å². The zero-order chi connectivity index (χ0) is 17.2. The van der Waals surface area contributed by atoms with Gasteiger partial charge in [0.25, 0.3) is 6.23 Å². The molecule has 0 saturated carbocycles. The van der Waals surface area contributed by atoms with E-state index in [9.17, 15) is 5.21 Å². The number of aliphatic hydroxyl groups is 1. The summed E-state index contributed by atoms with van der Waals surface area (Å²) in [6, 6.07) is 14.5. The lowest BCUT2D eigenvalue weighted by atomic mass is 9.88. The average Bonchev–Trinajstić information content (AvgIpc) is 2.79. The average molecular weight is 325 g/mol. The number of ether oxygens (including phenoxy) is 1. The highest BCUT2D eigenvalue weighted by Crippen LogP contribution is 2.34. The molecule has 0 aliphatic carbocycles. The first-order valence-corrected chi connectivity index (χ1v) is 8.23. The van der Waals surface area contributed by atoms with Crippen LogP contribution in [0.2, 0.25) is 0 Å². The molecule has 0 spiro atoms. The van der Waals surface area contributed by atoms with Crippen molar-refractivity contribution in [2.75, 3.05) is 13.2 Å². The Bertz CT molecular complexity index is 792. The van der Waals surface area contributed by atoms with E-state index in [0.29, 0.717) is 12.1 Å². The normalized spacial score (nSPS) is 20.4. The molecule has 126 valence electrons. The fourth-order valence-corrected chi connectivity index (χ4v) is 3.19. The van der Waals surface area contributed by atoms with Crippen molar-refractivity contribution in [2.45, 2.75) is 26.5 Å². The maximum absolute atomic E-state index is 12.5. The molecule has 4 heteroatoms. The Balaban J connectivity index is 1.83. The van der Waals surface area contributed by atoms with Crippen LogP contribution in [0.4, 0.5) is 0 Å². The molecule has 1 heterocycles. The van der Waals surface area contributed by atoms with Crippen LogP contribution in [0.15, 0.2) is 48.5 Å². The molecule has 1 N–H and O–H groups in total. The van der Waals surface area contributed by atoms with Crippen molar-refractivity contribution >= 4 is 22.6 Å². The smallest absolute Gasteiger partial charge is 0.273 e. The van der Waals surface area contributed by atoms with Crippen molar-refractivity contribution < 1.29 is 14.6 Å². The van der Waals surface area contributed by atoms with Gasteiger partial charge < -0.3 is 15.1 Å². The van der Waals surface area contributed by atoms with Crippen LogP contribution in [0.25, 0.3) is 16.8 Å². The van der Waals surface area contributed by atoms with Crippen LogP contribution in [0, 0.1) is 10.6 Å². The van der Waals surface area contributed by atoms with Gasteiger partial charge in [-0.1, -0.05) is 50.2 Å². The molecule has 1 atom stereocenters. The van der Waals surface area contributed by atoms with Gasteiger partial charge in [0.15, 0.2) is 5.71 Å². The van der Waals surface area contributed by atoms with Gasteiger partial charge in [-0.3, -0.25) is 0 Å². The molecule has 0 bridgehead atoms. The summed E-state index contributed by atoms with van der Waals surface area (Å²) < 4.78 is 6.47. The van der Waals surface area contributed by atoms with Crippen LogP contribution in [0.1, 0.15) is 25.8 Å². The van der Waals surface area contributed by atoms with Crippen molar-refractivity contribution in [3.8, 4) is 0 Å². The molecule has 24 heavy (non-hydrogen) atoms. The summed E-state index contributed by atoms with van der Waals surface area (Å²) in [6.07, 6.45) is 3.94. The van der Waals surface area contributed by atoms with Crippen molar-refractivity contribution in [2.24, 2.45) is 5.41 Å². The van der Waals surface area contributed by atoms with Gasteiger partial charge in [-0.2, -0.15) is 4.74 Å². The second-order valence-corrected chi connectivity index (χ2v) is 6.87. The van der Waals surface area contributed by atoms with Crippen LogP contribution in [0.5, 0.6) is 0 Å². The minimum atomic E-state index is -0.555. The molecule has 4 nitrogen and oxygen atoms in total. The largest absolute Gasteiger partial charge is 0.622 e. The Morgan fingerprint density at radius 2 is 1.96 bits per heavy atom. The molecule has 2 aromatic carbocycles. The first kappa shape index (κ1) is 16.7. The van der Waals surface area contributed by atoms with E-state index in [0.717, 1.165) is 10.3 Å². The van der Waals surface area contributed by atoms with E-state index in [2.05, 4.69) is 24.3 Å². The third-order valence-electron chi connectivity index (χ3n) is 4.41. The zero-order valence-electron chi connectivity index (χ0n) is 14.1. The lowest BCUT2D eigenvalue weighted by Crippen LogP contribution is -2.34. The van der Waals surface area contributed by atoms with Gasteiger partial charge >= 0.3 is 0 Å². The van der Waals surface area contributed by atoms with Crippen molar-refractivity contribution in [3.63, 3.8) is 0 Å². The summed E-state index contributed by atoms with van der Waals surface area (Å²) in [6.45, 7) is 4.12. The number of aliphatic hydroxyl groups excluding tert-OH is 1. The Kier molecular flexibility index (Phi) is 4.69. The number of allylic oxidation sites excluding steroid dienone is 1. The van der Waals surface area contributed by atoms with Crippen molar-refractivity contribution in [3.05, 3.63) is 59.3 Å². The summed E-state index contributed by atoms with van der Waals surface area (Å²) in [5.41, 5.74) is 1.49. The van der Waals surface area contributed by atoms with E-state index in [-0.39, 0.29) is 18.6 Å². The zero-order valence-corrected chi connectivity index (χ0v) is 14.1. The highest BCUT2D eigenvalue weighted by molar-refractivity contribution is 5.96. The fraction of sp³-hybridized carbons (Fsp3) is 0.350. The molecule has 0 aromatic heterocycles. The van der Waals surface area contributed by atoms with E-state index in [4.69, 9.17) is 9.84 Å². The van der Waals surface area contributed by atoms with Gasteiger partial charge in [0.2, 0.25) is 0 Å². The first-order chi connectivity index (χ1) is 11.5. The highest BCUT2D eigenvalue weighted by Gasteiger charge is 2.45. The van der Waals surface area contributed by atoms with E-state index >= 15 is 0 Å². The SMILES string of the molecule is CC1(C)CC(/C=C/c2ccc3ccccc3c2)=[N+]([O-])C1OCCO. The van der Waals surface area contributed by atoms with Gasteiger partial charge in [-0.15, -0.1) is 0 Å². The van der Waals surface area contributed by atoms with Crippen molar-refractivity contribution in [1.82, 2.24) is 0 Å².